The second kappa shape index (κ2) is 9.11. The number of nitrogens with one attached hydrogen (secondary N) is 2. The molecule has 1 aliphatic heterocycles. The van der Waals surface area contributed by atoms with Gasteiger partial charge in [0.25, 0.3) is 0 Å². The molecule has 1 saturated heterocycles. The lowest BCUT2D eigenvalue weighted by Crippen LogP contribution is -2.49. The highest BCUT2D eigenvalue weighted by molar-refractivity contribution is 5.81. The molecule has 1 heterocycles. The minimum atomic E-state index is -0.0168. The van der Waals surface area contributed by atoms with Crippen LogP contribution in [-0.4, -0.2) is 38.3 Å². The predicted octanol–water partition coefficient (Wildman–Crippen LogP) is 1.47. The van der Waals surface area contributed by atoms with E-state index in [2.05, 4.69) is 24.1 Å². The van der Waals surface area contributed by atoms with E-state index in [1.807, 2.05) is 6.08 Å². The summed E-state index contributed by atoms with van der Waals surface area (Å²) < 4.78 is 5.35. The van der Waals surface area contributed by atoms with Crippen LogP contribution >= 0.6 is 0 Å². The Balaban J connectivity index is 2.10. The normalized spacial score (nSPS) is 23.6. The Hall–Kier alpha value is -0.870. The summed E-state index contributed by atoms with van der Waals surface area (Å²) in [6, 6.07) is -0.0168. The zero-order valence-corrected chi connectivity index (χ0v) is 11.4. The number of carbonyl (C=O) groups excluding carboxylic acids is 1. The number of rotatable bonds is 8. The maximum atomic E-state index is 11.9. The van der Waals surface area contributed by atoms with Crippen LogP contribution in [-0.2, 0) is 9.53 Å². The van der Waals surface area contributed by atoms with Crippen molar-refractivity contribution in [1.82, 2.24) is 10.6 Å². The maximum absolute atomic E-state index is 11.9. The molecule has 0 spiro atoms. The average molecular weight is 254 g/mol. The van der Waals surface area contributed by atoms with Crippen LogP contribution in [0.15, 0.2) is 12.7 Å². The van der Waals surface area contributed by atoms with Crippen molar-refractivity contribution in [2.45, 2.75) is 38.6 Å². The quantitative estimate of drug-likeness (QED) is 0.509. The van der Waals surface area contributed by atoms with Gasteiger partial charge in [0.05, 0.1) is 19.3 Å². The van der Waals surface area contributed by atoms with Crippen LogP contribution in [0, 0.1) is 5.92 Å². The number of amides is 1. The Kier molecular flexibility index (Phi) is 7.69. The van der Waals surface area contributed by atoms with E-state index in [4.69, 9.17) is 4.74 Å². The Morgan fingerprint density at radius 2 is 2.39 bits per heavy atom. The van der Waals surface area contributed by atoms with Crippen LogP contribution in [0.2, 0.25) is 0 Å². The molecule has 4 heteroatoms. The summed E-state index contributed by atoms with van der Waals surface area (Å²) in [7, 11) is 0. The molecule has 1 amide bonds. The smallest absolute Gasteiger partial charge is 0.237 e. The standard InChI is InChI=1S/C14H26N2O2/c1-3-5-9-18-10-8-16-14(17)13-11-12(4-2)6-7-15-13/h3,12-13,15H,1,4-11H2,2H3,(H,16,17). The van der Waals surface area contributed by atoms with Gasteiger partial charge in [-0.15, -0.1) is 6.58 Å². The third-order valence-electron chi connectivity index (χ3n) is 3.42. The Bertz CT molecular complexity index is 256. The number of piperidine rings is 1. The lowest BCUT2D eigenvalue weighted by atomic mass is 9.90. The van der Waals surface area contributed by atoms with Crippen molar-refractivity contribution >= 4 is 5.91 Å². The molecule has 1 aliphatic rings. The van der Waals surface area contributed by atoms with Gasteiger partial charge in [0, 0.05) is 6.54 Å². The Morgan fingerprint density at radius 1 is 1.56 bits per heavy atom. The lowest BCUT2D eigenvalue weighted by molar-refractivity contribution is -0.124. The SMILES string of the molecule is C=CCCOCCNC(=O)C1CC(CC)CCN1. The van der Waals surface area contributed by atoms with Crippen LogP contribution < -0.4 is 10.6 Å². The summed E-state index contributed by atoms with van der Waals surface area (Å²) in [5.74, 6) is 0.798. The number of hydrogen-bond acceptors (Lipinski definition) is 3. The van der Waals surface area contributed by atoms with E-state index >= 15 is 0 Å². The second-order valence-electron chi connectivity index (χ2n) is 4.79. The molecule has 4 nitrogen and oxygen atoms in total. The molecule has 104 valence electrons. The van der Waals surface area contributed by atoms with Crippen molar-refractivity contribution in [2.75, 3.05) is 26.3 Å². The summed E-state index contributed by atoms with van der Waals surface area (Å²) in [4.78, 5) is 11.9. The van der Waals surface area contributed by atoms with Crippen molar-refractivity contribution in [3.05, 3.63) is 12.7 Å². The van der Waals surface area contributed by atoms with Crippen LogP contribution in [0.25, 0.3) is 0 Å². The van der Waals surface area contributed by atoms with Crippen LogP contribution in [0.4, 0.5) is 0 Å². The molecular formula is C14H26N2O2. The number of carbonyl (C=O) groups is 1. The summed E-state index contributed by atoms with van der Waals surface area (Å²) in [6.45, 7) is 8.61. The van der Waals surface area contributed by atoms with E-state index in [0.717, 1.165) is 25.8 Å². The molecule has 2 atom stereocenters. The molecule has 0 aromatic heterocycles. The van der Waals surface area contributed by atoms with E-state index in [-0.39, 0.29) is 11.9 Å². The molecule has 0 bridgehead atoms. The van der Waals surface area contributed by atoms with E-state index < -0.39 is 0 Å². The third-order valence-corrected chi connectivity index (χ3v) is 3.42. The largest absolute Gasteiger partial charge is 0.379 e. The van der Waals surface area contributed by atoms with Gasteiger partial charge in [-0.2, -0.15) is 0 Å². The molecular weight excluding hydrogens is 228 g/mol. The van der Waals surface area contributed by atoms with E-state index in [0.29, 0.717) is 25.7 Å². The van der Waals surface area contributed by atoms with Crippen molar-refractivity contribution in [2.24, 2.45) is 5.92 Å². The van der Waals surface area contributed by atoms with E-state index in [1.54, 1.807) is 0 Å². The number of ether oxygens (including phenoxy) is 1. The van der Waals surface area contributed by atoms with Crippen LogP contribution in [0.1, 0.15) is 32.6 Å². The molecule has 1 fully saturated rings. The van der Waals surface area contributed by atoms with Gasteiger partial charge in [-0.05, 0) is 31.7 Å². The first-order valence-electron chi connectivity index (χ1n) is 6.97. The first-order chi connectivity index (χ1) is 8.77. The van der Waals surface area contributed by atoms with Crippen molar-refractivity contribution in [3.63, 3.8) is 0 Å². The van der Waals surface area contributed by atoms with Crippen LogP contribution in [0.5, 0.6) is 0 Å². The minimum Gasteiger partial charge on any atom is -0.379 e. The lowest BCUT2D eigenvalue weighted by Gasteiger charge is -2.28. The maximum Gasteiger partial charge on any atom is 0.237 e. The zero-order valence-electron chi connectivity index (χ0n) is 11.4. The van der Waals surface area contributed by atoms with E-state index in [1.165, 1.54) is 6.42 Å². The van der Waals surface area contributed by atoms with Gasteiger partial charge in [0.1, 0.15) is 0 Å². The fraction of sp³-hybridized carbons (Fsp3) is 0.786. The molecule has 0 saturated carbocycles. The molecule has 2 N–H and O–H groups in total. The van der Waals surface area contributed by atoms with E-state index in [9.17, 15) is 4.79 Å². The molecule has 0 aromatic carbocycles. The molecule has 0 radical (unpaired) electrons. The summed E-state index contributed by atoms with van der Waals surface area (Å²) in [5.41, 5.74) is 0. The highest BCUT2D eigenvalue weighted by Crippen LogP contribution is 2.19. The summed E-state index contributed by atoms with van der Waals surface area (Å²) in [5, 5.41) is 6.20. The topological polar surface area (TPSA) is 50.4 Å². The first-order valence-corrected chi connectivity index (χ1v) is 6.97. The highest BCUT2D eigenvalue weighted by atomic mass is 16.5. The molecule has 0 aromatic rings. The molecule has 0 aliphatic carbocycles. The van der Waals surface area contributed by atoms with Gasteiger partial charge in [-0.1, -0.05) is 19.4 Å². The fourth-order valence-corrected chi connectivity index (χ4v) is 2.21. The third kappa shape index (κ3) is 5.65. The van der Waals surface area contributed by atoms with Gasteiger partial charge in [0.2, 0.25) is 5.91 Å². The van der Waals surface area contributed by atoms with Crippen LogP contribution in [0.3, 0.4) is 0 Å². The Morgan fingerprint density at radius 3 is 3.11 bits per heavy atom. The predicted molar refractivity (Wildman–Crippen MR) is 73.4 cm³/mol. The molecule has 18 heavy (non-hydrogen) atoms. The van der Waals surface area contributed by atoms with Gasteiger partial charge in [0.15, 0.2) is 0 Å². The second-order valence-corrected chi connectivity index (χ2v) is 4.79. The summed E-state index contributed by atoms with van der Waals surface area (Å²) >= 11 is 0. The van der Waals surface area contributed by atoms with Gasteiger partial charge in [-0.3, -0.25) is 4.79 Å². The monoisotopic (exact) mass is 254 g/mol. The first kappa shape index (κ1) is 15.2. The highest BCUT2D eigenvalue weighted by Gasteiger charge is 2.25. The molecule has 1 rings (SSSR count). The molecule has 2 unspecified atom stereocenters. The zero-order chi connectivity index (χ0) is 13.2. The van der Waals surface area contributed by atoms with Gasteiger partial charge < -0.3 is 15.4 Å². The fourth-order valence-electron chi connectivity index (χ4n) is 2.21. The van der Waals surface area contributed by atoms with Crippen molar-refractivity contribution in [1.29, 1.82) is 0 Å². The average Bonchev–Trinajstić information content (AvgIpc) is 2.42. The van der Waals surface area contributed by atoms with Gasteiger partial charge >= 0.3 is 0 Å². The van der Waals surface area contributed by atoms with Gasteiger partial charge in [-0.25, -0.2) is 0 Å². The summed E-state index contributed by atoms with van der Waals surface area (Å²) in [6.07, 6.45) is 5.99. The number of hydrogen-bond donors (Lipinski definition) is 2. The van der Waals surface area contributed by atoms with Crippen molar-refractivity contribution in [3.8, 4) is 0 Å². The minimum absolute atomic E-state index is 0.0168. The van der Waals surface area contributed by atoms with Crippen molar-refractivity contribution < 1.29 is 9.53 Å². The Labute approximate surface area is 110 Å².